The third-order valence-corrected chi connectivity index (χ3v) is 4.31. The topological polar surface area (TPSA) is 46.6 Å². The summed E-state index contributed by atoms with van der Waals surface area (Å²) in [5, 5.41) is 1.23. The first-order valence-electron chi connectivity index (χ1n) is 6.09. The van der Waals surface area contributed by atoms with E-state index in [1.165, 1.54) is 37.2 Å². The minimum Gasteiger partial charge on any atom is -0.198 e. The summed E-state index contributed by atoms with van der Waals surface area (Å²) in [5.41, 5.74) is 0. The Morgan fingerprint density at radius 2 is 1.81 bits per heavy atom. The van der Waals surface area contributed by atoms with Crippen molar-refractivity contribution >= 4 is 10.1 Å². The Hall–Kier alpha value is -0.130. The highest BCUT2D eigenvalue weighted by atomic mass is 32.2. The zero-order valence-corrected chi connectivity index (χ0v) is 11.1. The molecule has 0 radical (unpaired) electrons. The van der Waals surface area contributed by atoms with Crippen molar-refractivity contribution in [2.45, 2.75) is 44.9 Å². The largest absolute Gasteiger partial charge is 0.283 e. The van der Waals surface area contributed by atoms with Gasteiger partial charge in [0, 0.05) is 14.1 Å². The monoisotopic (exact) mass is 249 g/mol. The number of hydroxylamine groups is 2. The molecule has 1 fully saturated rings. The van der Waals surface area contributed by atoms with Crippen LogP contribution < -0.4 is 0 Å². The smallest absolute Gasteiger partial charge is 0.198 e. The first-order valence-corrected chi connectivity index (χ1v) is 7.67. The summed E-state index contributed by atoms with van der Waals surface area (Å²) in [6.45, 7) is 0. The van der Waals surface area contributed by atoms with Gasteiger partial charge in [0.25, 0.3) is 10.1 Å². The molecule has 5 heteroatoms. The lowest BCUT2D eigenvalue weighted by molar-refractivity contribution is 0.00513. The quantitative estimate of drug-likeness (QED) is 0.677. The molecular formula is C11H23NO3S. The fraction of sp³-hybridized carbons (Fsp3) is 1.00. The highest BCUT2D eigenvalue weighted by Gasteiger charge is 2.17. The summed E-state index contributed by atoms with van der Waals surface area (Å²) >= 11 is 0. The molecule has 16 heavy (non-hydrogen) atoms. The molecule has 0 aromatic carbocycles. The second-order valence-corrected chi connectivity index (χ2v) is 6.47. The lowest BCUT2D eigenvalue weighted by atomic mass is 9.86. The lowest BCUT2D eigenvalue weighted by Gasteiger charge is -2.21. The molecule has 1 rings (SSSR count). The van der Waals surface area contributed by atoms with Gasteiger partial charge >= 0.3 is 0 Å². The fourth-order valence-electron chi connectivity index (χ4n) is 2.29. The second-order valence-electron chi connectivity index (χ2n) is 4.79. The Morgan fingerprint density at radius 1 is 1.19 bits per heavy atom. The molecule has 0 N–H and O–H groups in total. The van der Waals surface area contributed by atoms with E-state index < -0.39 is 10.1 Å². The summed E-state index contributed by atoms with van der Waals surface area (Å²) in [7, 11) is -0.192. The molecule has 1 saturated carbocycles. The van der Waals surface area contributed by atoms with Crippen LogP contribution in [0.3, 0.4) is 0 Å². The molecule has 4 nitrogen and oxygen atoms in total. The molecule has 0 spiro atoms. The first kappa shape index (κ1) is 13.9. The highest BCUT2D eigenvalue weighted by molar-refractivity contribution is 7.86. The summed E-state index contributed by atoms with van der Waals surface area (Å²) in [5.74, 6) is 0.880. The Morgan fingerprint density at radius 3 is 2.38 bits per heavy atom. The van der Waals surface area contributed by atoms with Crippen LogP contribution in [0.15, 0.2) is 0 Å². The Labute approximate surface area is 99.0 Å². The standard InChI is InChI=1S/C11H23NO3S/c1-12(2)15-16(13,14)10-6-9-11-7-4-3-5-8-11/h11H,3-10H2,1-2H3. The van der Waals surface area contributed by atoms with Crippen molar-refractivity contribution in [2.75, 3.05) is 19.8 Å². The average molecular weight is 249 g/mol. The first-order chi connectivity index (χ1) is 7.49. The molecule has 0 aliphatic heterocycles. The van der Waals surface area contributed by atoms with Crippen molar-refractivity contribution in [3.63, 3.8) is 0 Å². The van der Waals surface area contributed by atoms with E-state index in [4.69, 9.17) is 4.28 Å². The average Bonchev–Trinajstić information content (AvgIpc) is 2.16. The van der Waals surface area contributed by atoms with Gasteiger partial charge in [0.05, 0.1) is 5.75 Å². The zero-order chi connectivity index (χ0) is 12.0. The van der Waals surface area contributed by atoms with Crippen LogP contribution in [0.1, 0.15) is 44.9 Å². The van der Waals surface area contributed by atoms with E-state index in [1.807, 2.05) is 0 Å². The maximum atomic E-state index is 11.4. The van der Waals surface area contributed by atoms with Crippen LogP contribution in [0.5, 0.6) is 0 Å². The third kappa shape index (κ3) is 5.82. The van der Waals surface area contributed by atoms with Crippen molar-refractivity contribution in [3.8, 4) is 0 Å². The van der Waals surface area contributed by atoms with E-state index in [2.05, 4.69) is 0 Å². The molecule has 96 valence electrons. The predicted molar refractivity (Wildman–Crippen MR) is 64.4 cm³/mol. The fourth-order valence-corrected chi connectivity index (χ4v) is 3.34. The normalized spacial score (nSPS) is 19.2. The number of nitrogens with zero attached hydrogens (tertiary/aromatic N) is 1. The van der Waals surface area contributed by atoms with Gasteiger partial charge in [-0.25, -0.2) is 0 Å². The van der Waals surface area contributed by atoms with E-state index in [0.717, 1.165) is 18.8 Å². The molecule has 0 amide bonds. The van der Waals surface area contributed by atoms with Gasteiger partial charge in [-0.15, -0.1) is 0 Å². The van der Waals surface area contributed by atoms with Crippen LogP contribution in [0.2, 0.25) is 0 Å². The molecule has 0 aromatic rings. The Balaban J connectivity index is 2.18. The van der Waals surface area contributed by atoms with E-state index >= 15 is 0 Å². The van der Waals surface area contributed by atoms with Crippen molar-refractivity contribution < 1.29 is 12.7 Å². The lowest BCUT2D eigenvalue weighted by Crippen LogP contribution is -2.21. The molecule has 0 aromatic heterocycles. The Kier molecular flexibility index (Phi) is 5.72. The summed E-state index contributed by atoms with van der Waals surface area (Å²) in [6.07, 6.45) is 8.26. The molecule has 0 unspecified atom stereocenters. The van der Waals surface area contributed by atoms with Crippen molar-refractivity contribution in [3.05, 3.63) is 0 Å². The molecule has 1 aliphatic carbocycles. The number of rotatable bonds is 6. The van der Waals surface area contributed by atoms with Crippen molar-refractivity contribution in [1.82, 2.24) is 5.06 Å². The van der Waals surface area contributed by atoms with Gasteiger partial charge in [0.15, 0.2) is 0 Å². The minimum atomic E-state index is -3.36. The maximum absolute atomic E-state index is 11.4. The van der Waals surface area contributed by atoms with Gasteiger partial charge in [0.1, 0.15) is 0 Å². The van der Waals surface area contributed by atoms with Gasteiger partial charge in [-0.1, -0.05) is 32.1 Å². The van der Waals surface area contributed by atoms with Crippen LogP contribution in [-0.4, -0.2) is 33.3 Å². The van der Waals surface area contributed by atoms with Crippen molar-refractivity contribution in [2.24, 2.45) is 5.92 Å². The van der Waals surface area contributed by atoms with E-state index in [-0.39, 0.29) is 5.75 Å². The van der Waals surface area contributed by atoms with Gasteiger partial charge in [0.2, 0.25) is 0 Å². The molecule has 0 saturated heterocycles. The van der Waals surface area contributed by atoms with Gasteiger partial charge < -0.3 is 0 Å². The van der Waals surface area contributed by atoms with Crippen LogP contribution in [0, 0.1) is 5.92 Å². The Bertz CT molecular complexity index is 282. The number of hydrogen-bond acceptors (Lipinski definition) is 4. The van der Waals surface area contributed by atoms with E-state index in [9.17, 15) is 8.42 Å². The summed E-state index contributed by atoms with van der Waals surface area (Å²) in [4.78, 5) is 0. The van der Waals surface area contributed by atoms with Gasteiger partial charge in [-0.05, 0) is 18.8 Å². The third-order valence-electron chi connectivity index (χ3n) is 2.99. The van der Waals surface area contributed by atoms with E-state index in [0.29, 0.717) is 0 Å². The van der Waals surface area contributed by atoms with Crippen LogP contribution in [0.4, 0.5) is 0 Å². The SMILES string of the molecule is CN(C)OS(=O)(=O)CCCC1CCCCC1. The van der Waals surface area contributed by atoms with Gasteiger partial charge in [-0.3, -0.25) is 0 Å². The second kappa shape index (κ2) is 6.57. The highest BCUT2D eigenvalue weighted by Crippen LogP contribution is 2.27. The molecule has 0 bridgehead atoms. The summed E-state index contributed by atoms with van der Waals surface area (Å²) < 4.78 is 27.6. The zero-order valence-electron chi connectivity index (χ0n) is 10.3. The van der Waals surface area contributed by atoms with Crippen LogP contribution in [0.25, 0.3) is 0 Å². The summed E-state index contributed by atoms with van der Waals surface area (Å²) in [6, 6.07) is 0. The molecular weight excluding hydrogens is 226 g/mol. The van der Waals surface area contributed by atoms with Crippen molar-refractivity contribution in [1.29, 1.82) is 0 Å². The van der Waals surface area contributed by atoms with Crippen LogP contribution in [-0.2, 0) is 14.4 Å². The van der Waals surface area contributed by atoms with E-state index in [1.54, 1.807) is 14.1 Å². The minimum absolute atomic E-state index is 0.141. The molecule has 1 aliphatic rings. The maximum Gasteiger partial charge on any atom is 0.283 e. The molecule has 0 atom stereocenters. The van der Waals surface area contributed by atoms with Crippen LogP contribution >= 0.6 is 0 Å². The van der Waals surface area contributed by atoms with Gasteiger partial charge in [-0.2, -0.15) is 17.8 Å². The molecule has 0 heterocycles. The predicted octanol–water partition coefficient (Wildman–Crippen LogP) is 2.17. The number of hydrogen-bond donors (Lipinski definition) is 0.